The quantitative estimate of drug-likeness (QED) is 0.126. The summed E-state index contributed by atoms with van der Waals surface area (Å²) in [4.78, 5) is 0. The number of rotatable bonds is 14. The Balaban J connectivity index is 1.58. The Kier molecular flexibility index (Phi) is 10.5. The van der Waals surface area contributed by atoms with Crippen molar-refractivity contribution >= 4 is 0 Å². The lowest BCUT2D eigenvalue weighted by Crippen LogP contribution is -2.03. The molecule has 0 fully saturated rings. The van der Waals surface area contributed by atoms with Gasteiger partial charge in [-0.1, -0.05) is 88.4 Å². The van der Waals surface area contributed by atoms with E-state index in [1.165, 1.54) is 11.1 Å². The van der Waals surface area contributed by atoms with Gasteiger partial charge < -0.3 is 23.4 Å². The van der Waals surface area contributed by atoms with E-state index in [9.17, 15) is 0 Å². The van der Waals surface area contributed by atoms with E-state index in [2.05, 4.69) is 64.1 Å². The SMILES string of the molecule is COc1ccc(-c2oc(-c3ccc(OC)c(OCc4ccccc4)c3)c(CC(C)C)c2CC(C)C)cc1OCc1ccccc1. The summed E-state index contributed by atoms with van der Waals surface area (Å²) in [6.45, 7) is 9.89. The third kappa shape index (κ3) is 7.91. The zero-order valence-corrected chi connectivity index (χ0v) is 27.3. The van der Waals surface area contributed by atoms with E-state index in [4.69, 9.17) is 23.4 Å². The molecule has 1 aromatic heterocycles. The number of furan rings is 1. The molecule has 0 aliphatic heterocycles. The van der Waals surface area contributed by atoms with Crippen LogP contribution in [0.4, 0.5) is 0 Å². The number of benzene rings is 4. The average molecular weight is 605 g/mol. The molecule has 0 aliphatic rings. The first kappa shape index (κ1) is 31.8. The van der Waals surface area contributed by atoms with Crippen molar-refractivity contribution in [3.63, 3.8) is 0 Å². The van der Waals surface area contributed by atoms with Gasteiger partial charge in [-0.05, 0) is 72.2 Å². The molecule has 0 amide bonds. The van der Waals surface area contributed by atoms with Crippen molar-refractivity contribution in [1.82, 2.24) is 0 Å². The van der Waals surface area contributed by atoms with E-state index >= 15 is 0 Å². The lowest BCUT2D eigenvalue weighted by molar-refractivity contribution is 0.284. The minimum absolute atomic E-state index is 0.438. The number of ether oxygens (including phenoxy) is 4. The minimum Gasteiger partial charge on any atom is -0.493 e. The highest BCUT2D eigenvalue weighted by Gasteiger charge is 2.25. The van der Waals surface area contributed by atoms with Gasteiger partial charge in [-0.2, -0.15) is 0 Å². The second kappa shape index (κ2) is 14.9. The van der Waals surface area contributed by atoms with Crippen LogP contribution in [0.5, 0.6) is 23.0 Å². The molecule has 5 rings (SSSR count). The van der Waals surface area contributed by atoms with Gasteiger partial charge in [0, 0.05) is 22.3 Å². The minimum atomic E-state index is 0.438. The van der Waals surface area contributed by atoms with Crippen LogP contribution in [0.15, 0.2) is 101 Å². The summed E-state index contributed by atoms with van der Waals surface area (Å²) in [5, 5.41) is 0. The maximum absolute atomic E-state index is 6.91. The Morgan fingerprint density at radius 2 is 0.911 bits per heavy atom. The van der Waals surface area contributed by atoms with Crippen LogP contribution in [0, 0.1) is 11.8 Å². The first-order chi connectivity index (χ1) is 21.9. The number of hydrogen-bond acceptors (Lipinski definition) is 5. The highest BCUT2D eigenvalue weighted by Crippen LogP contribution is 2.44. The Morgan fingerprint density at radius 1 is 0.511 bits per heavy atom. The Morgan fingerprint density at radius 3 is 1.27 bits per heavy atom. The molecule has 0 radical (unpaired) electrons. The summed E-state index contributed by atoms with van der Waals surface area (Å²) in [6.07, 6.45) is 1.78. The van der Waals surface area contributed by atoms with Gasteiger partial charge in [0.15, 0.2) is 23.0 Å². The van der Waals surface area contributed by atoms with Crippen molar-refractivity contribution in [1.29, 1.82) is 0 Å². The third-order valence-electron chi connectivity index (χ3n) is 7.67. The molecule has 0 aliphatic carbocycles. The number of hydrogen-bond donors (Lipinski definition) is 0. The van der Waals surface area contributed by atoms with E-state index in [0.717, 1.165) is 46.6 Å². The smallest absolute Gasteiger partial charge is 0.162 e. The van der Waals surface area contributed by atoms with Crippen molar-refractivity contribution in [2.24, 2.45) is 11.8 Å². The standard InChI is InChI=1S/C40H44O5/c1-27(2)21-33-34(22-28(3)4)40(32-18-20-36(42-6)38(24-32)44-26-30-15-11-8-12-16-30)45-39(33)31-17-19-35(41-5)37(23-31)43-25-29-13-9-7-10-14-29/h7-20,23-24,27-28H,21-22,25-26H2,1-6H3. The van der Waals surface area contributed by atoms with Crippen LogP contribution in [0.2, 0.25) is 0 Å². The van der Waals surface area contributed by atoms with Gasteiger partial charge in [0.05, 0.1) is 14.2 Å². The molecule has 0 N–H and O–H groups in total. The molecule has 5 aromatic rings. The van der Waals surface area contributed by atoms with Gasteiger partial charge in [0.2, 0.25) is 0 Å². The molecule has 0 saturated carbocycles. The fourth-order valence-corrected chi connectivity index (χ4v) is 5.55. The van der Waals surface area contributed by atoms with Gasteiger partial charge in [-0.15, -0.1) is 0 Å². The zero-order chi connectivity index (χ0) is 31.8. The second-order valence-corrected chi connectivity index (χ2v) is 12.2. The van der Waals surface area contributed by atoms with Crippen LogP contribution in [0.3, 0.4) is 0 Å². The molecule has 0 spiro atoms. The predicted octanol–water partition coefficient (Wildman–Crippen LogP) is 10.2. The maximum atomic E-state index is 6.91. The fraction of sp³-hybridized carbons (Fsp3) is 0.300. The van der Waals surface area contributed by atoms with Crippen LogP contribution in [0.25, 0.3) is 22.6 Å². The second-order valence-electron chi connectivity index (χ2n) is 12.2. The third-order valence-corrected chi connectivity index (χ3v) is 7.67. The molecule has 0 bridgehead atoms. The summed E-state index contributed by atoms with van der Waals surface area (Å²) in [6, 6.07) is 32.4. The Hall–Kier alpha value is -4.64. The fourth-order valence-electron chi connectivity index (χ4n) is 5.55. The molecular weight excluding hydrogens is 560 g/mol. The Bertz CT molecular complexity index is 1550. The molecule has 5 heteroatoms. The lowest BCUT2D eigenvalue weighted by atomic mass is 9.90. The largest absolute Gasteiger partial charge is 0.493 e. The van der Waals surface area contributed by atoms with Crippen molar-refractivity contribution in [2.45, 2.75) is 53.8 Å². The topological polar surface area (TPSA) is 50.1 Å². The van der Waals surface area contributed by atoms with Crippen molar-refractivity contribution in [3.8, 4) is 45.6 Å². The highest BCUT2D eigenvalue weighted by molar-refractivity contribution is 5.75. The van der Waals surface area contributed by atoms with Crippen LogP contribution in [-0.4, -0.2) is 14.2 Å². The lowest BCUT2D eigenvalue weighted by Gasteiger charge is -2.14. The molecule has 5 nitrogen and oxygen atoms in total. The summed E-state index contributed by atoms with van der Waals surface area (Å²) < 4.78 is 30.8. The van der Waals surface area contributed by atoms with E-state index < -0.39 is 0 Å². The van der Waals surface area contributed by atoms with Crippen molar-refractivity contribution < 1.29 is 23.4 Å². The van der Waals surface area contributed by atoms with E-state index in [1.807, 2.05) is 60.7 Å². The molecule has 0 unspecified atom stereocenters. The van der Waals surface area contributed by atoms with Crippen molar-refractivity contribution in [3.05, 3.63) is 119 Å². The number of methoxy groups -OCH3 is 2. The first-order valence-electron chi connectivity index (χ1n) is 15.7. The van der Waals surface area contributed by atoms with Crippen LogP contribution in [0.1, 0.15) is 49.9 Å². The molecule has 45 heavy (non-hydrogen) atoms. The zero-order valence-electron chi connectivity index (χ0n) is 27.3. The summed E-state index contributed by atoms with van der Waals surface area (Å²) in [7, 11) is 3.34. The van der Waals surface area contributed by atoms with Gasteiger partial charge in [-0.3, -0.25) is 0 Å². The van der Waals surface area contributed by atoms with Gasteiger partial charge >= 0.3 is 0 Å². The summed E-state index contributed by atoms with van der Waals surface area (Å²) in [5.74, 6) is 5.33. The predicted molar refractivity (Wildman–Crippen MR) is 181 cm³/mol. The van der Waals surface area contributed by atoms with E-state index in [-0.39, 0.29) is 0 Å². The summed E-state index contributed by atoms with van der Waals surface area (Å²) in [5.41, 5.74) is 6.56. The molecule has 0 atom stereocenters. The van der Waals surface area contributed by atoms with Crippen LogP contribution in [-0.2, 0) is 26.1 Å². The maximum Gasteiger partial charge on any atom is 0.162 e. The normalized spacial score (nSPS) is 11.2. The monoisotopic (exact) mass is 604 g/mol. The van der Waals surface area contributed by atoms with Gasteiger partial charge in [0.25, 0.3) is 0 Å². The van der Waals surface area contributed by atoms with E-state index in [0.29, 0.717) is 48.0 Å². The molecule has 4 aromatic carbocycles. The molecule has 234 valence electrons. The molecule has 0 saturated heterocycles. The van der Waals surface area contributed by atoms with Crippen LogP contribution >= 0.6 is 0 Å². The van der Waals surface area contributed by atoms with E-state index in [1.54, 1.807) is 14.2 Å². The molecule has 1 heterocycles. The summed E-state index contributed by atoms with van der Waals surface area (Å²) >= 11 is 0. The first-order valence-corrected chi connectivity index (χ1v) is 15.7. The van der Waals surface area contributed by atoms with Crippen LogP contribution < -0.4 is 18.9 Å². The Labute approximate surface area is 267 Å². The highest BCUT2D eigenvalue weighted by atomic mass is 16.5. The van der Waals surface area contributed by atoms with Gasteiger partial charge in [0.1, 0.15) is 24.7 Å². The van der Waals surface area contributed by atoms with Crippen molar-refractivity contribution in [2.75, 3.05) is 14.2 Å². The van der Waals surface area contributed by atoms with Gasteiger partial charge in [-0.25, -0.2) is 0 Å². The molecular formula is C40H44O5. The average Bonchev–Trinajstić information content (AvgIpc) is 3.39.